The zero-order valence-electron chi connectivity index (χ0n) is 14.6. The Labute approximate surface area is 138 Å². The van der Waals surface area contributed by atoms with Crippen molar-refractivity contribution >= 4 is 5.91 Å². The summed E-state index contributed by atoms with van der Waals surface area (Å²) in [6, 6.07) is 8.66. The number of nitrogens with zero attached hydrogens (tertiary/aromatic N) is 3. The van der Waals surface area contributed by atoms with Crippen molar-refractivity contribution in [2.75, 3.05) is 7.05 Å². The highest BCUT2D eigenvalue weighted by Gasteiger charge is 2.32. The quantitative estimate of drug-likeness (QED) is 0.872. The maximum Gasteiger partial charge on any atom is 0.230 e. The summed E-state index contributed by atoms with van der Waals surface area (Å²) in [7, 11) is 3.87. The number of carbonyl (C=O) groups excluding carboxylic acids is 1. The Kier molecular flexibility index (Phi) is 4.00. The molecule has 1 amide bonds. The Balaban J connectivity index is 1.86. The molecule has 0 saturated carbocycles. The third-order valence-corrected chi connectivity index (χ3v) is 5.28. The molecule has 0 bridgehead atoms. The molecule has 0 unspecified atom stereocenters. The van der Waals surface area contributed by atoms with Crippen molar-refractivity contribution in [3.8, 4) is 0 Å². The van der Waals surface area contributed by atoms with E-state index in [1.165, 1.54) is 11.1 Å². The minimum atomic E-state index is -0.165. The van der Waals surface area contributed by atoms with Gasteiger partial charge in [0.2, 0.25) is 5.91 Å². The summed E-state index contributed by atoms with van der Waals surface area (Å²) in [6.45, 7) is 6.01. The van der Waals surface area contributed by atoms with Gasteiger partial charge in [-0.1, -0.05) is 24.3 Å². The van der Waals surface area contributed by atoms with Crippen LogP contribution < -0.4 is 0 Å². The van der Waals surface area contributed by atoms with Crippen molar-refractivity contribution in [3.05, 3.63) is 52.3 Å². The van der Waals surface area contributed by atoms with Gasteiger partial charge >= 0.3 is 0 Å². The Morgan fingerprint density at radius 2 is 2.04 bits per heavy atom. The number of hydrogen-bond acceptors (Lipinski definition) is 2. The van der Waals surface area contributed by atoms with Gasteiger partial charge in [-0.25, -0.2) is 0 Å². The van der Waals surface area contributed by atoms with Crippen LogP contribution in [0.3, 0.4) is 0 Å². The lowest BCUT2D eigenvalue weighted by molar-refractivity contribution is -0.133. The van der Waals surface area contributed by atoms with Crippen LogP contribution in [0.1, 0.15) is 53.4 Å². The zero-order valence-corrected chi connectivity index (χ0v) is 14.6. The molecular weight excluding hydrogens is 286 g/mol. The summed E-state index contributed by atoms with van der Waals surface area (Å²) in [5.74, 6) is 0.00682. The third-order valence-electron chi connectivity index (χ3n) is 5.28. The molecule has 23 heavy (non-hydrogen) atoms. The number of likely N-dealkylation sites (N-methyl/N-ethyl adjacent to an activating group) is 1. The number of amides is 1. The fourth-order valence-electron chi connectivity index (χ4n) is 3.94. The van der Waals surface area contributed by atoms with E-state index < -0.39 is 0 Å². The van der Waals surface area contributed by atoms with Crippen LogP contribution in [-0.2, 0) is 18.3 Å². The second kappa shape index (κ2) is 5.84. The number of hydrogen-bond donors (Lipinski definition) is 0. The summed E-state index contributed by atoms with van der Waals surface area (Å²) in [5.41, 5.74) is 5.76. The summed E-state index contributed by atoms with van der Waals surface area (Å²) in [5, 5.41) is 4.45. The fraction of sp³-hybridized carbons (Fsp3) is 0.474. The fourth-order valence-corrected chi connectivity index (χ4v) is 3.94. The van der Waals surface area contributed by atoms with Gasteiger partial charge in [-0.15, -0.1) is 0 Å². The second-order valence-electron chi connectivity index (χ2n) is 6.63. The molecule has 122 valence electrons. The smallest absolute Gasteiger partial charge is 0.230 e. The Morgan fingerprint density at radius 3 is 2.70 bits per heavy atom. The van der Waals surface area contributed by atoms with Crippen LogP contribution in [0.4, 0.5) is 0 Å². The van der Waals surface area contributed by atoms with Crippen LogP contribution in [0.15, 0.2) is 24.3 Å². The number of aryl methyl sites for hydroxylation is 3. The van der Waals surface area contributed by atoms with Gasteiger partial charge < -0.3 is 4.90 Å². The Hall–Kier alpha value is -2.10. The lowest BCUT2D eigenvalue weighted by atomic mass is 9.96. The number of fused-ring (bicyclic) bond motifs is 1. The zero-order chi connectivity index (χ0) is 16.7. The highest BCUT2D eigenvalue weighted by molar-refractivity contribution is 5.84. The largest absolute Gasteiger partial charge is 0.338 e. The normalized spacial score (nSPS) is 17.9. The lowest BCUT2D eigenvalue weighted by Gasteiger charge is -2.28. The van der Waals surface area contributed by atoms with Crippen molar-refractivity contribution in [3.63, 3.8) is 0 Å². The standard InChI is InChI=1S/C19H25N3O/c1-12(18-13(2)20-22(5)14(18)3)19(23)21(4)17-11-10-15-8-6-7-9-16(15)17/h6-9,12,17H,10-11H2,1-5H3/t12-,17-/m0/s1. The maximum atomic E-state index is 13.0. The number of benzene rings is 1. The van der Waals surface area contributed by atoms with Gasteiger partial charge in [0.25, 0.3) is 0 Å². The molecule has 1 aromatic carbocycles. The molecular formula is C19H25N3O. The van der Waals surface area contributed by atoms with Crippen molar-refractivity contribution < 1.29 is 4.79 Å². The van der Waals surface area contributed by atoms with Crippen LogP contribution in [0.5, 0.6) is 0 Å². The van der Waals surface area contributed by atoms with Gasteiger partial charge in [0.15, 0.2) is 0 Å². The minimum absolute atomic E-state index is 0.165. The van der Waals surface area contributed by atoms with Crippen molar-refractivity contribution in [1.29, 1.82) is 0 Å². The minimum Gasteiger partial charge on any atom is -0.338 e. The SMILES string of the molecule is Cc1nn(C)c(C)c1[C@H](C)C(=O)N(C)[C@H]1CCc2ccccc21. The highest BCUT2D eigenvalue weighted by atomic mass is 16.2. The molecule has 0 saturated heterocycles. The molecule has 1 aliphatic rings. The molecule has 0 spiro atoms. The first-order valence-electron chi connectivity index (χ1n) is 8.26. The first kappa shape index (κ1) is 15.8. The van der Waals surface area contributed by atoms with Gasteiger partial charge in [0.1, 0.15) is 0 Å². The first-order chi connectivity index (χ1) is 10.9. The van der Waals surface area contributed by atoms with Gasteiger partial charge in [-0.05, 0) is 44.7 Å². The molecule has 4 nitrogen and oxygen atoms in total. The lowest BCUT2D eigenvalue weighted by Crippen LogP contribution is -2.33. The topological polar surface area (TPSA) is 38.1 Å². The van der Waals surface area contributed by atoms with Gasteiger partial charge in [0, 0.05) is 25.4 Å². The number of carbonyl (C=O) groups is 1. The van der Waals surface area contributed by atoms with Gasteiger partial charge in [0.05, 0.1) is 17.7 Å². The van der Waals surface area contributed by atoms with Crippen molar-refractivity contribution in [2.45, 2.75) is 45.6 Å². The summed E-state index contributed by atoms with van der Waals surface area (Å²) >= 11 is 0. The van der Waals surface area contributed by atoms with Crippen LogP contribution in [0.2, 0.25) is 0 Å². The highest BCUT2D eigenvalue weighted by Crippen LogP contribution is 2.36. The van der Waals surface area contributed by atoms with Crippen molar-refractivity contribution in [2.24, 2.45) is 7.05 Å². The van der Waals surface area contributed by atoms with E-state index in [1.807, 2.05) is 44.4 Å². The Bertz CT molecular complexity index is 747. The Morgan fingerprint density at radius 1 is 1.35 bits per heavy atom. The molecule has 1 aliphatic carbocycles. The van der Waals surface area contributed by atoms with Crippen LogP contribution in [0.25, 0.3) is 0 Å². The van der Waals surface area contributed by atoms with Gasteiger partial charge in [-0.3, -0.25) is 9.48 Å². The van der Waals surface area contributed by atoms with E-state index in [1.54, 1.807) is 0 Å². The van der Waals surface area contributed by atoms with E-state index in [0.717, 1.165) is 29.8 Å². The molecule has 0 fully saturated rings. The maximum absolute atomic E-state index is 13.0. The average molecular weight is 311 g/mol. The summed E-state index contributed by atoms with van der Waals surface area (Å²) in [6.07, 6.45) is 2.07. The molecule has 0 N–H and O–H groups in total. The monoisotopic (exact) mass is 311 g/mol. The van der Waals surface area contributed by atoms with Crippen LogP contribution in [0, 0.1) is 13.8 Å². The van der Waals surface area contributed by atoms with E-state index in [9.17, 15) is 4.79 Å². The third kappa shape index (κ3) is 2.56. The summed E-state index contributed by atoms with van der Waals surface area (Å²) in [4.78, 5) is 15.0. The molecule has 3 rings (SSSR count). The number of rotatable bonds is 3. The summed E-state index contributed by atoms with van der Waals surface area (Å²) < 4.78 is 1.86. The van der Waals surface area contributed by atoms with E-state index >= 15 is 0 Å². The molecule has 0 aliphatic heterocycles. The first-order valence-corrected chi connectivity index (χ1v) is 8.26. The van der Waals surface area contributed by atoms with Gasteiger partial charge in [-0.2, -0.15) is 5.10 Å². The molecule has 0 radical (unpaired) electrons. The molecule has 4 heteroatoms. The van der Waals surface area contributed by atoms with E-state index in [-0.39, 0.29) is 17.9 Å². The molecule has 1 heterocycles. The molecule has 1 aromatic heterocycles. The molecule has 2 atom stereocenters. The van der Waals surface area contributed by atoms with E-state index in [0.29, 0.717) is 0 Å². The molecule has 2 aromatic rings. The predicted octanol–water partition coefficient (Wildman–Crippen LogP) is 3.29. The van der Waals surface area contributed by atoms with Crippen LogP contribution in [-0.4, -0.2) is 27.6 Å². The average Bonchev–Trinajstić information content (AvgIpc) is 3.07. The van der Waals surface area contributed by atoms with Crippen LogP contribution >= 0.6 is 0 Å². The van der Waals surface area contributed by atoms with Crippen molar-refractivity contribution in [1.82, 2.24) is 14.7 Å². The second-order valence-corrected chi connectivity index (χ2v) is 6.63. The number of aromatic nitrogens is 2. The predicted molar refractivity (Wildman–Crippen MR) is 91.4 cm³/mol. The van der Waals surface area contributed by atoms with E-state index in [2.05, 4.69) is 29.4 Å². The van der Waals surface area contributed by atoms with E-state index in [4.69, 9.17) is 0 Å².